The van der Waals surface area contributed by atoms with Gasteiger partial charge in [-0.15, -0.1) is 0 Å². The van der Waals surface area contributed by atoms with E-state index in [4.69, 9.17) is 9.72 Å². The van der Waals surface area contributed by atoms with E-state index in [1.54, 1.807) is 37.6 Å². The lowest BCUT2D eigenvalue weighted by Crippen LogP contribution is -2.64. The summed E-state index contributed by atoms with van der Waals surface area (Å²) in [7, 11) is 1.86. The van der Waals surface area contributed by atoms with Crippen molar-refractivity contribution in [1.82, 2.24) is 34.4 Å². The van der Waals surface area contributed by atoms with Crippen LogP contribution in [0.5, 0.6) is 11.5 Å². The smallest absolute Gasteiger partial charge is 0.246 e. The predicted molar refractivity (Wildman–Crippen MR) is 156 cm³/mol. The number of rotatable bonds is 6. The van der Waals surface area contributed by atoms with E-state index in [2.05, 4.69) is 36.7 Å². The molecule has 3 aliphatic rings. The van der Waals surface area contributed by atoms with Crippen LogP contribution in [-0.2, 0) is 11.8 Å². The lowest BCUT2D eigenvalue weighted by molar-refractivity contribution is -0.131. The second-order valence-corrected chi connectivity index (χ2v) is 10.6. The van der Waals surface area contributed by atoms with Crippen LogP contribution in [0.15, 0.2) is 61.8 Å². The molecular weight excluding hydrogens is 537 g/mol. The lowest BCUT2D eigenvalue weighted by Gasteiger charge is -2.51. The zero-order chi connectivity index (χ0) is 29.0. The number of aromatic nitrogens is 6. The molecule has 3 saturated heterocycles. The van der Waals surface area contributed by atoms with Crippen LogP contribution in [-0.4, -0.2) is 65.5 Å². The van der Waals surface area contributed by atoms with Gasteiger partial charge in [-0.1, -0.05) is 6.58 Å². The maximum Gasteiger partial charge on any atom is 0.246 e. The molecule has 3 fully saturated rings. The van der Waals surface area contributed by atoms with E-state index in [1.165, 1.54) is 12.4 Å². The number of nitrogens with one attached hydrogen (secondary N) is 1. The fourth-order valence-electron chi connectivity index (χ4n) is 5.86. The van der Waals surface area contributed by atoms with Gasteiger partial charge in [0, 0.05) is 43.9 Å². The molecule has 0 radical (unpaired) electrons. The van der Waals surface area contributed by atoms with E-state index in [0.717, 1.165) is 24.3 Å². The Morgan fingerprint density at radius 3 is 2.76 bits per heavy atom. The molecule has 7 heterocycles. The molecule has 0 aliphatic carbocycles. The summed E-state index contributed by atoms with van der Waals surface area (Å²) in [6.07, 6.45) is 8.01. The topological polar surface area (TPSA) is 114 Å². The minimum atomic E-state index is -0.470. The molecule has 3 aliphatic heterocycles. The normalized spacial score (nSPS) is 18.1. The minimum absolute atomic E-state index is 0.0321. The number of hydrogen-bond donors (Lipinski definition) is 1. The largest absolute Gasteiger partial charge is 0.455 e. The van der Waals surface area contributed by atoms with Crippen LogP contribution in [0.1, 0.15) is 18.4 Å². The molecule has 11 nitrogen and oxygen atoms in total. The van der Waals surface area contributed by atoms with Gasteiger partial charge in [-0.3, -0.25) is 4.79 Å². The van der Waals surface area contributed by atoms with Gasteiger partial charge in [0.05, 0.1) is 23.7 Å². The Labute approximate surface area is 240 Å². The van der Waals surface area contributed by atoms with Crippen molar-refractivity contribution in [3.05, 3.63) is 73.2 Å². The number of piperidine rings is 2. The summed E-state index contributed by atoms with van der Waals surface area (Å²) in [4.78, 5) is 38.8. The molecule has 0 spiro atoms. The van der Waals surface area contributed by atoms with E-state index >= 15 is 4.39 Å². The number of ether oxygens (including phenoxy) is 1. The zero-order valence-corrected chi connectivity index (χ0v) is 23.2. The predicted octanol–water partition coefficient (Wildman–Crippen LogP) is 4.66. The van der Waals surface area contributed by atoms with Crippen molar-refractivity contribution in [2.45, 2.75) is 31.8 Å². The average molecular weight is 566 g/mol. The van der Waals surface area contributed by atoms with Crippen molar-refractivity contribution >= 4 is 45.4 Å². The number of carbonyl (C=O) groups excluding carboxylic acids is 1. The molecule has 4 aromatic heterocycles. The molecule has 1 N–H and O–H groups in total. The SMILES string of the molecule is C=CC(=O)N1CC2CC[C@@H]1CN2c1ccc2ncnc(Nc3ccc(Oc4cnc5c(c4)ncn5C)c(C)c3F)c2n1. The number of imidazole rings is 1. The first-order chi connectivity index (χ1) is 20.4. The van der Waals surface area contributed by atoms with Crippen molar-refractivity contribution in [2.75, 3.05) is 23.3 Å². The van der Waals surface area contributed by atoms with Crippen molar-refractivity contribution in [3.63, 3.8) is 0 Å². The third-order valence-electron chi connectivity index (χ3n) is 8.09. The van der Waals surface area contributed by atoms with E-state index < -0.39 is 5.82 Å². The van der Waals surface area contributed by atoms with Gasteiger partial charge in [0.25, 0.3) is 0 Å². The second kappa shape index (κ2) is 10.1. The highest BCUT2D eigenvalue weighted by Crippen LogP contribution is 2.35. The summed E-state index contributed by atoms with van der Waals surface area (Å²) < 4.78 is 23.4. The molecular formula is C30H28FN9O2. The first-order valence-electron chi connectivity index (χ1n) is 13.7. The number of aryl methyl sites for hydroxylation is 1. The molecule has 212 valence electrons. The highest BCUT2D eigenvalue weighted by atomic mass is 19.1. The number of pyridine rings is 2. The molecule has 0 saturated carbocycles. The summed E-state index contributed by atoms with van der Waals surface area (Å²) in [6, 6.07) is 9.18. The fourth-order valence-corrected chi connectivity index (χ4v) is 5.86. The number of amides is 1. The number of piperazine rings is 1. The first-order valence-corrected chi connectivity index (χ1v) is 13.7. The Morgan fingerprint density at radius 2 is 1.95 bits per heavy atom. The van der Waals surface area contributed by atoms with Gasteiger partial charge in [-0.2, -0.15) is 0 Å². The standard InChI is InChI=1S/C30H28FN9O2/c1-4-26(41)40-14-18-5-6-19(40)13-39(18)25-10-8-22-28(37-25)29(34-15-33-22)36-21-7-9-24(17(2)27(21)31)42-20-11-23-30(32-12-20)38(3)16-35-23/h4,7-12,15-16,18-19H,1,5-6,13-14H2,2-3H3,(H,33,34,36)/t18?,19-/m1/s1. The van der Waals surface area contributed by atoms with Crippen LogP contribution in [0.2, 0.25) is 0 Å². The molecule has 5 aromatic rings. The quantitative estimate of drug-likeness (QED) is 0.294. The van der Waals surface area contributed by atoms with E-state index in [-0.39, 0.29) is 23.7 Å². The van der Waals surface area contributed by atoms with Gasteiger partial charge in [0.2, 0.25) is 5.91 Å². The molecule has 1 unspecified atom stereocenters. The number of carbonyl (C=O) groups is 1. The second-order valence-electron chi connectivity index (χ2n) is 10.6. The summed E-state index contributed by atoms with van der Waals surface area (Å²) in [5.74, 6) is 1.50. The minimum Gasteiger partial charge on any atom is -0.455 e. The first kappa shape index (κ1) is 25.8. The summed E-state index contributed by atoms with van der Waals surface area (Å²) >= 11 is 0. The van der Waals surface area contributed by atoms with Gasteiger partial charge >= 0.3 is 0 Å². The lowest BCUT2D eigenvalue weighted by atomic mass is 9.90. The molecule has 1 aromatic carbocycles. The van der Waals surface area contributed by atoms with Crippen LogP contribution < -0.4 is 15.0 Å². The number of benzene rings is 1. The third-order valence-corrected chi connectivity index (χ3v) is 8.09. The van der Waals surface area contributed by atoms with Gasteiger partial charge in [-0.05, 0) is 50.1 Å². The van der Waals surface area contributed by atoms with E-state index in [9.17, 15) is 4.79 Å². The van der Waals surface area contributed by atoms with Crippen LogP contribution in [0.4, 0.5) is 21.7 Å². The van der Waals surface area contributed by atoms with Gasteiger partial charge in [0.15, 0.2) is 17.3 Å². The highest BCUT2D eigenvalue weighted by Gasteiger charge is 2.41. The Kier molecular flexibility index (Phi) is 6.18. The molecule has 1 amide bonds. The fraction of sp³-hybridized carbons (Fsp3) is 0.267. The van der Waals surface area contributed by atoms with Crippen LogP contribution >= 0.6 is 0 Å². The van der Waals surface area contributed by atoms with Crippen molar-refractivity contribution < 1.29 is 13.9 Å². The Balaban J connectivity index is 1.15. The number of nitrogens with zero attached hydrogens (tertiary/aromatic N) is 8. The van der Waals surface area contributed by atoms with Gasteiger partial charge < -0.3 is 24.4 Å². The molecule has 12 heteroatoms. The third kappa shape index (κ3) is 4.35. The summed E-state index contributed by atoms with van der Waals surface area (Å²) in [5.41, 5.74) is 3.15. The van der Waals surface area contributed by atoms with Crippen LogP contribution in [0, 0.1) is 12.7 Å². The Hall–Kier alpha value is -5.13. The van der Waals surface area contributed by atoms with Gasteiger partial charge in [-0.25, -0.2) is 29.3 Å². The van der Waals surface area contributed by atoms with Gasteiger partial charge in [0.1, 0.15) is 34.7 Å². The average Bonchev–Trinajstić information content (AvgIpc) is 3.40. The van der Waals surface area contributed by atoms with Crippen LogP contribution in [0.3, 0.4) is 0 Å². The summed E-state index contributed by atoms with van der Waals surface area (Å²) in [5, 5.41) is 3.12. The zero-order valence-electron chi connectivity index (χ0n) is 23.2. The highest BCUT2D eigenvalue weighted by molar-refractivity contribution is 5.89. The molecule has 2 atom stereocenters. The van der Waals surface area contributed by atoms with E-state index in [1.807, 2.05) is 28.6 Å². The van der Waals surface area contributed by atoms with E-state index in [0.29, 0.717) is 52.5 Å². The number of fused-ring (bicyclic) bond motifs is 5. The maximum atomic E-state index is 15.6. The summed E-state index contributed by atoms with van der Waals surface area (Å²) in [6.45, 7) is 6.63. The van der Waals surface area contributed by atoms with Crippen molar-refractivity contribution in [3.8, 4) is 11.5 Å². The molecule has 8 rings (SSSR count). The monoisotopic (exact) mass is 565 g/mol. The Morgan fingerprint density at radius 1 is 1.10 bits per heavy atom. The van der Waals surface area contributed by atoms with Crippen LogP contribution in [0.25, 0.3) is 22.2 Å². The maximum absolute atomic E-state index is 15.6. The number of anilines is 3. The number of hydrogen-bond acceptors (Lipinski definition) is 9. The Bertz CT molecular complexity index is 1870. The number of halogens is 1. The van der Waals surface area contributed by atoms with Crippen molar-refractivity contribution in [1.29, 1.82) is 0 Å². The molecule has 42 heavy (non-hydrogen) atoms. The van der Waals surface area contributed by atoms with Crippen molar-refractivity contribution in [2.24, 2.45) is 7.05 Å². The molecule has 2 bridgehead atoms.